The van der Waals surface area contributed by atoms with Crippen molar-refractivity contribution in [2.45, 2.75) is 38.4 Å². The van der Waals surface area contributed by atoms with Gasteiger partial charge in [-0.25, -0.2) is 0 Å². The van der Waals surface area contributed by atoms with Gasteiger partial charge in [-0.2, -0.15) is 0 Å². The van der Waals surface area contributed by atoms with Crippen molar-refractivity contribution in [3.05, 3.63) is 18.2 Å². The van der Waals surface area contributed by atoms with Gasteiger partial charge in [0.25, 0.3) is 0 Å². The fraction of sp³-hybridized carbons (Fsp3) is 0.467. The minimum Gasteiger partial charge on any atom is -0.394 e. The fourth-order valence-corrected chi connectivity index (χ4v) is 2.42. The number of ether oxygens (including phenoxy) is 1. The largest absolute Gasteiger partial charge is 0.394 e. The number of anilines is 3. The van der Waals surface area contributed by atoms with Crippen LogP contribution in [0, 0.1) is 0 Å². The van der Waals surface area contributed by atoms with E-state index in [4.69, 9.17) is 9.84 Å². The Hall–Kier alpha value is -2.20. The van der Waals surface area contributed by atoms with E-state index in [1.165, 1.54) is 13.8 Å². The van der Waals surface area contributed by atoms with Gasteiger partial charge in [-0.05, 0) is 18.2 Å². The van der Waals surface area contributed by atoms with Crippen LogP contribution in [0.2, 0.25) is 0 Å². The minimum absolute atomic E-state index is 0.263. The smallest absolute Gasteiger partial charge is 0.221 e. The van der Waals surface area contributed by atoms with Crippen LogP contribution in [-0.2, 0) is 14.3 Å². The van der Waals surface area contributed by atoms with Crippen LogP contribution in [0.5, 0.6) is 0 Å². The fourth-order valence-electron chi connectivity index (χ4n) is 2.42. The van der Waals surface area contributed by atoms with Crippen LogP contribution in [0.4, 0.5) is 17.1 Å². The van der Waals surface area contributed by atoms with Crippen molar-refractivity contribution in [1.82, 2.24) is 0 Å². The Bertz CT molecular complexity index is 623. The summed E-state index contributed by atoms with van der Waals surface area (Å²) in [4.78, 5) is 22.5. The van der Waals surface area contributed by atoms with Gasteiger partial charge in [0.15, 0.2) is 6.23 Å². The summed E-state index contributed by atoms with van der Waals surface area (Å²) in [6.45, 7) is 2.26. The molecule has 132 valence electrons. The molecule has 0 unspecified atom stereocenters. The van der Waals surface area contributed by atoms with Gasteiger partial charge in [-0.1, -0.05) is 0 Å². The normalized spacial score (nSPS) is 26.0. The molecule has 1 aromatic carbocycles. The topological polar surface area (TPSA) is 140 Å². The van der Waals surface area contributed by atoms with E-state index in [0.717, 1.165) is 0 Å². The lowest BCUT2D eigenvalue weighted by Gasteiger charge is -2.21. The van der Waals surface area contributed by atoms with Gasteiger partial charge in [0.05, 0.1) is 18.0 Å². The second kappa shape index (κ2) is 7.58. The molecule has 0 radical (unpaired) electrons. The summed E-state index contributed by atoms with van der Waals surface area (Å²) in [6.07, 6.45) is -4.41. The Labute approximate surface area is 138 Å². The lowest BCUT2D eigenvalue weighted by molar-refractivity contribution is -0.115. The van der Waals surface area contributed by atoms with Crippen LogP contribution in [0.3, 0.4) is 0 Å². The maximum Gasteiger partial charge on any atom is 0.221 e. The van der Waals surface area contributed by atoms with Crippen molar-refractivity contribution in [2.75, 3.05) is 22.6 Å². The first kappa shape index (κ1) is 18.1. The molecule has 2 amide bonds. The molecule has 2 rings (SSSR count). The maximum absolute atomic E-state index is 11.3. The Morgan fingerprint density at radius 3 is 2.29 bits per heavy atom. The summed E-state index contributed by atoms with van der Waals surface area (Å²) in [6, 6.07) is 4.74. The summed E-state index contributed by atoms with van der Waals surface area (Å²) in [5.41, 5.74) is 1.27. The third-order valence-corrected chi connectivity index (χ3v) is 3.49. The first-order valence-electron chi connectivity index (χ1n) is 7.40. The lowest BCUT2D eigenvalue weighted by atomic mass is 10.1. The highest BCUT2D eigenvalue weighted by molar-refractivity contribution is 5.95. The molecule has 1 fully saturated rings. The number of amides is 2. The SMILES string of the molecule is CC(=O)Nc1ccc(NC(C)=O)c(N[C@H]2O[C@@H](CO)[C@@H](O)[C@H]2O)c1. The van der Waals surface area contributed by atoms with Crippen molar-refractivity contribution in [3.8, 4) is 0 Å². The average molecular weight is 339 g/mol. The number of rotatable bonds is 5. The van der Waals surface area contributed by atoms with E-state index < -0.39 is 31.1 Å². The minimum atomic E-state index is -1.27. The predicted octanol–water partition coefficient (Wildman–Crippen LogP) is -0.546. The third-order valence-electron chi connectivity index (χ3n) is 3.49. The number of hydrogen-bond donors (Lipinski definition) is 6. The zero-order chi connectivity index (χ0) is 17.9. The Kier molecular flexibility index (Phi) is 5.73. The van der Waals surface area contributed by atoms with Gasteiger partial charge in [-0.3, -0.25) is 9.59 Å². The van der Waals surface area contributed by atoms with Crippen LogP contribution in [0.25, 0.3) is 0 Å². The highest BCUT2D eigenvalue weighted by Gasteiger charge is 2.42. The second-order valence-electron chi connectivity index (χ2n) is 5.53. The molecule has 24 heavy (non-hydrogen) atoms. The molecule has 4 atom stereocenters. The van der Waals surface area contributed by atoms with Crippen molar-refractivity contribution >= 4 is 28.9 Å². The number of nitrogens with one attached hydrogen (secondary N) is 3. The van der Waals surface area contributed by atoms with Crippen LogP contribution >= 0.6 is 0 Å². The molecule has 1 saturated heterocycles. The molecular formula is C15H21N3O6. The first-order chi connectivity index (χ1) is 11.3. The zero-order valence-electron chi connectivity index (χ0n) is 13.3. The van der Waals surface area contributed by atoms with Crippen LogP contribution in [0.1, 0.15) is 13.8 Å². The third kappa shape index (κ3) is 4.20. The van der Waals surface area contributed by atoms with Gasteiger partial charge >= 0.3 is 0 Å². The lowest BCUT2D eigenvalue weighted by Crippen LogP contribution is -2.36. The van der Waals surface area contributed by atoms with E-state index in [1.807, 2.05) is 0 Å². The highest BCUT2D eigenvalue weighted by atomic mass is 16.6. The van der Waals surface area contributed by atoms with Gasteiger partial charge in [0.2, 0.25) is 11.8 Å². The highest BCUT2D eigenvalue weighted by Crippen LogP contribution is 2.30. The van der Waals surface area contributed by atoms with Crippen LogP contribution in [0.15, 0.2) is 18.2 Å². The molecule has 0 aromatic heterocycles. The number of carbonyl (C=O) groups excluding carboxylic acids is 2. The van der Waals surface area contributed by atoms with Crippen molar-refractivity contribution < 1.29 is 29.6 Å². The summed E-state index contributed by atoms with van der Waals surface area (Å²) >= 11 is 0. The first-order valence-corrected chi connectivity index (χ1v) is 7.40. The zero-order valence-corrected chi connectivity index (χ0v) is 13.3. The number of hydrogen-bond acceptors (Lipinski definition) is 7. The van der Waals surface area contributed by atoms with E-state index in [0.29, 0.717) is 17.1 Å². The summed E-state index contributed by atoms with van der Waals surface area (Å²) in [5, 5.41) is 37.0. The molecule has 0 bridgehead atoms. The summed E-state index contributed by atoms with van der Waals surface area (Å²) < 4.78 is 5.36. The standard InChI is InChI=1S/C15H21N3O6/c1-7(20)16-9-3-4-10(17-8(2)21)11(5-9)18-15-14(23)13(22)12(6-19)24-15/h3-5,12-15,18-19,22-23H,6H2,1-2H3,(H,16,20)(H,17,21)/t12-,13+,14+,15-/m0/s1. The van der Waals surface area contributed by atoms with E-state index in [-0.39, 0.29) is 11.8 Å². The van der Waals surface area contributed by atoms with Crippen LogP contribution < -0.4 is 16.0 Å². The van der Waals surface area contributed by atoms with Crippen LogP contribution in [-0.4, -0.2) is 58.3 Å². The van der Waals surface area contributed by atoms with Crippen molar-refractivity contribution in [3.63, 3.8) is 0 Å². The van der Waals surface area contributed by atoms with Crippen molar-refractivity contribution in [1.29, 1.82) is 0 Å². The average Bonchev–Trinajstić information content (AvgIpc) is 2.76. The molecule has 0 saturated carbocycles. The molecule has 9 heteroatoms. The molecule has 0 spiro atoms. The van der Waals surface area contributed by atoms with Gasteiger partial charge in [-0.15, -0.1) is 0 Å². The quantitative estimate of drug-likeness (QED) is 0.423. The monoisotopic (exact) mass is 339 g/mol. The number of aliphatic hydroxyl groups excluding tert-OH is 3. The number of carbonyl (C=O) groups is 2. The number of benzene rings is 1. The molecule has 6 N–H and O–H groups in total. The molecular weight excluding hydrogens is 318 g/mol. The second-order valence-corrected chi connectivity index (χ2v) is 5.53. The maximum atomic E-state index is 11.3. The Balaban J connectivity index is 2.25. The van der Waals surface area contributed by atoms with E-state index in [9.17, 15) is 19.8 Å². The summed E-state index contributed by atoms with van der Waals surface area (Å²) in [7, 11) is 0. The van der Waals surface area contributed by atoms with Crippen molar-refractivity contribution in [2.24, 2.45) is 0 Å². The van der Waals surface area contributed by atoms with Gasteiger partial charge in [0.1, 0.15) is 18.3 Å². The van der Waals surface area contributed by atoms with E-state index >= 15 is 0 Å². The molecule has 1 aliphatic heterocycles. The number of aliphatic hydroxyl groups is 3. The van der Waals surface area contributed by atoms with Gasteiger partial charge < -0.3 is 36.0 Å². The molecule has 0 aliphatic carbocycles. The molecule has 1 aromatic rings. The molecule has 9 nitrogen and oxygen atoms in total. The Morgan fingerprint density at radius 2 is 1.75 bits per heavy atom. The predicted molar refractivity (Wildman–Crippen MR) is 86.4 cm³/mol. The molecule has 1 aliphatic rings. The van der Waals surface area contributed by atoms with E-state index in [1.54, 1.807) is 18.2 Å². The summed E-state index contributed by atoms with van der Waals surface area (Å²) in [5.74, 6) is -0.562. The Morgan fingerprint density at radius 1 is 1.08 bits per heavy atom. The van der Waals surface area contributed by atoms with E-state index in [2.05, 4.69) is 16.0 Å². The molecule has 1 heterocycles. The van der Waals surface area contributed by atoms with Gasteiger partial charge in [0, 0.05) is 19.5 Å².